The average Bonchev–Trinajstić information content (AvgIpc) is 3.62. The van der Waals surface area contributed by atoms with E-state index in [0.29, 0.717) is 0 Å². The normalized spacial score (nSPS) is 24.4. The van der Waals surface area contributed by atoms with Crippen molar-refractivity contribution < 1.29 is 4.74 Å². The summed E-state index contributed by atoms with van der Waals surface area (Å²) in [5.74, 6) is 0.971. The van der Waals surface area contributed by atoms with Crippen LogP contribution < -0.4 is 14.6 Å². The Morgan fingerprint density at radius 1 is 0.773 bits per heavy atom. The van der Waals surface area contributed by atoms with Gasteiger partial charge in [0.25, 0.3) is 0 Å². The Hall–Kier alpha value is -4.39. The van der Waals surface area contributed by atoms with E-state index < -0.39 is 0 Å². The predicted molar refractivity (Wildman–Crippen MR) is 184 cm³/mol. The molecule has 10 rings (SSSR count). The molecule has 3 unspecified atom stereocenters. The van der Waals surface area contributed by atoms with E-state index >= 15 is 0 Å². The number of hydrogen-bond acceptors (Lipinski definition) is 5. The minimum atomic E-state index is -0.0651. The van der Waals surface area contributed by atoms with E-state index in [-0.39, 0.29) is 18.2 Å². The maximum absolute atomic E-state index is 6.76. The van der Waals surface area contributed by atoms with Crippen LogP contribution in [0.25, 0.3) is 5.57 Å². The quantitative estimate of drug-likeness (QED) is 0.220. The standard InChI is InChI=1S/C38H28N3OS2/c1-43-23-16-14-22(15-17-23)39-30-19-18-24(44-2)20-31(30)41-38-32(39)21-34-35(27-9-4-6-13-33(27)42-34)36(38)28-11-7-10-26-25-8-3-5-12-29(25)40(41)37(26)28/h3-21,33,37-38H,1-2H3/q+1. The number of benzene rings is 3. The number of nitrogens with zero attached hydrogens (tertiary/aromatic N) is 3. The molecule has 0 N–H and O–H groups in total. The van der Waals surface area contributed by atoms with Gasteiger partial charge >= 0.3 is 0 Å². The molecule has 0 amide bonds. The van der Waals surface area contributed by atoms with Gasteiger partial charge in [0.05, 0.1) is 11.8 Å². The molecule has 4 nitrogen and oxygen atoms in total. The SMILES string of the molecule is CSc1ccc([N+]2=C3C=C4OC5C=CC=CC5=C4C4=C5C=CC=C6c7ccccc7N(C65)N(c5cc(SC)ccc52)C43)cc1. The van der Waals surface area contributed by atoms with E-state index in [9.17, 15) is 0 Å². The van der Waals surface area contributed by atoms with Gasteiger partial charge in [-0.1, -0.05) is 54.7 Å². The third kappa shape index (κ3) is 3.14. The van der Waals surface area contributed by atoms with Crippen molar-refractivity contribution >= 4 is 57.6 Å². The molecule has 0 radical (unpaired) electrons. The number of rotatable bonds is 3. The summed E-state index contributed by atoms with van der Waals surface area (Å²) in [4.78, 5) is 2.52. The molecule has 0 spiro atoms. The number of para-hydroxylation sites is 1. The molecule has 3 aromatic carbocycles. The third-order valence-corrected chi connectivity index (χ3v) is 11.2. The average molecular weight is 607 g/mol. The maximum atomic E-state index is 6.76. The zero-order chi connectivity index (χ0) is 29.1. The zero-order valence-electron chi connectivity index (χ0n) is 24.3. The number of hydrogen-bond donors (Lipinski definition) is 0. The Morgan fingerprint density at radius 2 is 1.57 bits per heavy atom. The van der Waals surface area contributed by atoms with E-state index in [0.717, 1.165) is 11.4 Å². The number of anilines is 2. The number of thioether (sulfide) groups is 2. The number of ether oxygens (including phenoxy) is 1. The van der Waals surface area contributed by atoms with Crippen LogP contribution in [0.4, 0.5) is 22.7 Å². The molecule has 4 aliphatic heterocycles. The minimum Gasteiger partial charge on any atom is -0.481 e. The molecule has 4 heterocycles. The highest BCUT2D eigenvalue weighted by Crippen LogP contribution is 2.58. The van der Waals surface area contributed by atoms with Gasteiger partial charge in [0.2, 0.25) is 17.1 Å². The van der Waals surface area contributed by atoms with Gasteiger partial charge in [0.15, 0.2) is 6.04 Å². The first kappa shape index (κ1) is 25.0. The summed E-state index contributed by atoms with van der Waals surface area (Å²) in [6, 6.07) is 24.9. The van der Waals surface area contributed by atoms with Crippen LogP contribution in [-0.2, 0) is 4.74 Å². The number of fused-ring (bicyclic) bond motifs is 9. The Bertz CT molecular complexity index is 2090. The lowest BCUT2D eigenvalue weighted by Crippen LogP contribution is -2.63. The van der Waals surface area contributed by atoms with Crippen molar-refractivity contribution in [1.29, 1.82) is 0 Å². The summed E-state index contributed by atoms with van der Waals surface area (Å²) in [5.41, 5.74) is 13.9. The van der Waals surface area contributed by atoms with Crippen LogP contribution in [0.2, 0.25) is 0 Å². The first-order valence-electron chi connectivity index (χ1n) is 15.0. The van der Waals surface area contributed by atoms with Crippen LogP contribution in [0.3, 0.4) is 0 Å². The topological polar surface area (TPSA) is 18.7 Å². The lowest BCUT2D eigenvalue weighted by atomic mass is 9.75. The van der Waals surface area contributed by atoms with Gasteiger partial charge in [-0.15, -0.1) is 23.5 Å². The Balaban J connectivity index is 1.36. The van der Waals surface area contributed by atoms with Crippen molar-refractivity contribution in [3.05, 3.63) is 149 Å². The molecule has 0 saturated heterocycles. The van der Waals surface area contributed by atoms with Crippen LogP contribution in [0.1, 0.15) is 5.56 Å². The van der Waals surface area contributed by atoms with E-state index in [1.54, 1.807) is 23.5 Å². The maximum Gasteiger partial charge on any atom is 0.236 e. The molecule has 3 atom stereocenters. The highest BCUT2D eigenvalue weighted by molar-refractivity contribution is 7.98. The van der Waals surface area contributed by atoms with Crippen molar-refractivity contribution in [3.8, 4) is 0 Å². The monoisotopic (exact) mass is 606 g/mol. The summed E-state index contributed by atoms with van der Waals surface area (Å²) >= 11 is 3.57. The Morgan fingerprint density at radius 3 is 2.43 bits per heavy atom. The van der Waals surface area contributed by atoms with Crippen molar-refractivity contribution in [3.63, 3.8) is 0 Å². The van der Waals surface area contributed by atoms with Gasteiger partial charge in [-0.3, -0.25) is 10.0 Å². The predicted octanol–water partition coefficient (Wildman–Crippen LogP) is 8.38. The van der Waals surface area contributed by atoms with Crippen molar-refractivity contribution in [2.75, 3.05) is 22.5 Å². The summed E-state index contributed by atoms with van der Waals surface area (Å²) in [7, 11) is 0. The molecule has 7 aliphatic rings. The van der Waals surface area contributed by atoms with E-state index in [2.05, 4.69) is 142 Å². The molecular weight excluding hydrogens is 579 g/mol. The van der Waals surface area contributed by atoms with E-state index in [1.807, 2.05) is 0 Å². The van der Waals surface area contributed by atoms with Gasteiger partial charge in [-0.2, -0.15) is 4.58 Å². The smallest absolute Gasteiger partial charge is 0.236 e. The zero-order valence-corrected chi connectivity index (χ0v) is 25.9. The molecule has 6 heteroatoms. The highest BCUT2D eigenvalue weighted by atomic mass is 32.2. The van der Waals surface area contributed by atoms with Crippen LogP contribution >= 0.6 is 23.5 Å². The second kappa shape index (κ2) is 9.07. The van der Waals surface area contributed by atoms with Gasteiger partial charge in [0, 0.05) is 50.3 Å². The van der Waals surface area contributed by atoms with Gasteiger partial charge in [0.1, 0.15) is 23.6 Å². The minimum absolute atomic E-state index is 0.0332. The molecule has 0 aromatic heterocycles. The van der Waals surface area contributed by atoms with Gasteiger partial charge in [-0.05, 0) is 60.1 Å². The Labute approximate surface area is 265 Å². The van der Waals surface area contributed by atoms with Crippen LogP contribution in [0, 0.1) is 0 Å². The molecule has 212 valence electrons. The van der Waals surface area contributed by atoms with Crippen molar-refractivity contribution in [1.82, 2.24) is 4.58 Å². The molecule has 3 aromatic rings. The second-order valence-corrected chi connectivity index (χ2v) is 13.6. The number of hydrazine groups is 1. The lowest BCUT2D eigenvalue weighted by Gasteiger charge is -2.52. The van der Waals surface area contributed by atoms with E-state index in [1.165, 1.54) is 66.0 Å². The summed E-state index contributed by atoms with van der Waals surface area (Å²) in [5, 5.41) is 5.19. The molecule has 0 saturated carbocycles. The highest BCUT2D eigenvalue weighted by Gasteiger charge is 2.58. The molecular formula is C38H28N3OS2+. The fourth-order valence-electron chi connectivity index (χ4n) is 8.00. The van der Waals surface area contributed by atoms with Gasteiger partial charge in [-0.25, -0.2) is 0 Å². The molecule has 44 heavy (non-hydrogen) atoms. The van der Waals surface area contributed by atoms with Crippen molar-refractivity contribution in [2.45, 2.75) is 28.0 Å². The van der Waals surface area contributed by atoms with Crippen LogP contribution in [0.15, 0.2) is 153 Å². The van der Waals surface area contributed by atoms with Crippen molar-refractivity contribution in [2.24, 2.45) is 0 Å². The first-order chi connectivity index (χ1) is 21.7. The van der Waals surface area contributed by atoms with Crippen LogP contribution in [-0.4, -0.2) is 36.4 Å². The summed E-state index contributed by atoms with van der Waals surface area (Å²) < 4.78 is 9.23. The number of allylic oxidation sites excluding steroid dienone is 5. The Kier molecular flexibility index (Phi) is 5.15. The fourth-order valence-corrected chi connectivity index (χ4v) is 8.84. The summed E-state index contributed by atoms with van der Waals surface area (Å²) in [6.07, 6.45) is 22.2. The molecule has 0 fully saturated rings. The third-order valence-electron chi connectivity index (χ3n) is 9.76. The van der Waals surface area contributed by atoms with E-state index in [4.69, 9.17) is 4.74 Å². The van der Waals surface area contributed by atoms with Gasteiger partial charge < -0.3 is 4.74 Å². The molecule has 3 aliphatic carbocycles. The largest absolute Gasteiger partial charge is 0.481 e. The molecule has 0 bridgehead atoms. The summed E-state index contributed by atoms with van der Waals surface area (Å²) in [6.45, 7) is 0. The lowest BCUT2D eigenvalue weighted by molar-refractivity contribution is 0.213. The first-order valence-corrected chi connectivity index (χ1v) is 17.5. The second-order valence-electron chi connectivity index (χ2n) is 11.8. The fraction of sp³-hybridized carbons (Fsp3) is 0.132. The van der Waals surface area contributed by atoms with Crippen LogP contribution in [0.5, 0.6) is 0 Å².